The summed E-state index contributed by atoms with van der Waals surface area (Å²) in [5.74, 6) is -0.668. The molecule has 0 radical (unpaired) electrons. The van der Waals surface area contributed by atoms with E-state index in [2.05, 4.69) is 0 Å². The molecule has 0 bridgehead atoms. The van der Waals surface area contributed by atoms with Crippen LogP contribution >= 0.6 is 0 Å². The summed E-state index contributed by atoms with van der Waals surface area (Å²) in [7, 11) is 0. The lowest BCUT2D eigenvalue weighted by Gasteiger charge is -2.17. The Morgan fingerprint density at radius 3 is 1.89 bits per heavy atom. The average molecular weight is 248 g/mol. The van der Waals surface area contributed by atoms with E-state index < -0.39 is 6.10 Å². The van der Waals surface area contributed by atoms with Crippen molar-refractivity contribution in [1.29, 1.82) is 0 Å². The Bertz CT molecular complexity index is 538. The van der Waals surface area contributed by atoms with Crippen LogP contribution in [0.4, 0.5) is 8.78 Å². The highest BCUT2D eigenvalue weighted by molar-refractivity contribution is 5.40. The van der Waals surface area contributed by atoms with Crippen molar-refractivity contribution in [3.63, 3.8) is 0 Å². The molecule has 1 N–H and O–H groups in total. The highest BCUT2D eigenvalue weighted by Gasteiger charge is 2.16. The molecule has 0 aliphatic carbocycles. The molecule has 0 aromatic heterocycles. The van der Waals surface area contributed by atoms with E-state index in [1.165, 1.54) is 36.4 Å². The van der Waals surface area contributed by atoms with Crippen LogP contribution in [0.3, 0.4) is 0 Å². The number of hydrogen-bond donors (Lipinski definition) is 1. The van der Waals surface area contributed by atoms with Crippen molar-refractivity contribution in [2.75, 3.05) is 0 Å². The molecular weight excluding hydrogens is 234 g/mol. The van der Waals surface area contributed by atoms with Gasteiger partial charge in [-0.2, -0.15) is 0 Å². The van der Waals surface area contributed by atoms with Crippen LogP contribution in [-0.2, 0) is 0 Å². The zero-order valence-electron chi connectivity index (χ0n) is 10.2. The Hall–Kier alpha value is -1.74. The van der Waals surface area contributed by atoms with Crippen LogP contribution < -0.4 is 0 Å². The Balaban J connectivity index is 2.46. The van der Waals surface area contributed by atoms with Gasteiger partial charge in [0.25, 0.3) is 0 Å². The normalized spacial score (nSPS) is 12.5. The van der Waals surface area contributed by atoms with Gasteiger partial charge in [-0.25, -0.2) is 8.78 Å². The molecule has 0 aliphatic heterocycles. The highest BCUT2D eigenvalue weighted by atomic mass is 19.1. The number of aliphatic hydroxyl groups excluding tert-OH is 1. The van der Waals surface area contributed by atoms with Gasteiger partial charge in [-0.15, -0.1) is 0 Å². The van der Waals surface area contributed by atoms with E-state index in [-0.39, 0.29) is 11.6 Å². The minimum atomic E-state index is -0.869. The maximum Gasteiger partial charge on any atom is 0.123 e. The van der Waals surface area contributed by atoms with Crippen molar-refractivity contribution in [3.8, 4) is 0 Å². The van der Waals surface area contributed by atoms with Crippen LogP contribution in [0.2, 0.25) is 0 Å². The zero-order valence-corrected chi connectivity index (χ0v) is 10.2. The topological polar surface area (TPSA) is 20.2 Å². The Morgan fingerprint density at radius 1 is 0.889 bits per heavy atom. The molecule has 1 unspecified atom stereocenters. The van der Waals surface area contributed by atoms with E-state index in [0.717, 1.165) is 0 Å². The second-order valence-electron chi connectivity index (χ2n) is 4.41. The SMILES string of the molecule is Cc1cc(F)cc(C)c1C(O)c1ccc(F)cc1. The quantitative estimate of drug-likeness (QED) is 0.859. The molecular formula is C15H14F2O. The predicted octanol–water partition coefficient (Wildman–Crippen LogP) is 3.66. The summed E-state index contributed by atoms with van der Waals surface area (Å²) < 4.78 is 26.0. The Kier molecular flexibility index (Phi) is 3.43. The van der Waals surface area contributed by atoms with E-state index >= 15 is 0 Å². The third-order valence-electron chi connectivity index (χ3n) is 3.02. The molecule has 3 heteroatoms. The summed E-state index contributed by atoms with van der Waals surface area (Å²) in [6.07, 6.45) is -0.869. The van der Waals surface area contributed by atoms with Crippen molar-refractivity contribution >= 4 is 0 Å². The van der Waals surface area contributed by atoms with Gasteiger partial charge in [-0.05, 0) is 60.4 Å². The van der Waals surface area contributed by atoms with Gasteiger partial charge in [0.2, 0.25) is 0 Å². The molecule has 1 atom stereocenters. The molecule has 0 fully saturated rings. The minimum absolute atomic E-state index is 0.319. The van der Waals surface area contributed by atoms with Crippen LogP contribution in [0.5, 0.6) is 0 Å². The monoisotopic (exact) mass is 248 g/mol. The van der Waals surface area contributed by atoms with Gasteiger partial charge in [-0.1, -0.05) is 12.1 Å². The lowest BCUT2D eigenvalue weighted by molar-refractivity contribution is 0.218. The first kappa shape index (κ1) is 12.7. The number of benzene rings is 2. The maximum atomic E-state index is 13.2. The second-order valence-corrected chi connectivity index (χ2v) is 4.41. The Morgan fingerprint density at radius 2 is 1.39 bits per heavy atom. The van der Waals surface area contributed by atoms with Crippen molar-refractivity contribution in [2.45, 2.75) is 20.0 Å². The molecule has 0 spiro atoms. The van der Waals surface area contributed by atoms with Crippen molar-refractivity contribution in [1.82, 2.24) is 0 Å². The number of rotatable bonds is 2. The molecule has 0 saturated carbocycles. The van der Waals surface area contributed by atoms with E-state index in [4.69, 9.17) is 0 Å². The first-order chi connectivity index (χ1) is 8.49. The van der Waals surface area contributed by atoms with E-state index in [1.54, 1.807) is 13.8 Å². The third-order valence-corrected chi connectivity index (χ3v) is 3.02. The van der Waals surface area contributed by atoms with E-state index in [0.29, 0.717) is 22.3 Å². The standard InChI is InChI=1S/C15H14F2O/c1-9-7-13(17)8-10(2)14(9)15(18)11-3-5-12(16)6-4-11/h3-8,15,18H,1-2H3. The third kappa shape index (κ3) is 2.41. The number of halogens is 2. The molecule has 2 rings (SSSR count). The van der Waals surface area contributed by atoms with Gasteiger partial charge in [0.15, 0.2) is 0 Å². The van der Waals surface area contributed by atoms with E-state index in [9.17, 15) is 13.9 Å². The average Bonchev–Trinajstić information content (AvgIpc) is 2.28. The largest absolute Gasteiger partial charge is 0.384 e. The van der Waals surface area contributed by atoms with Crippen molar-refractivity contribution in [2.24, 2.45) is 0 Å². The molecule has 1 nitrogen and oxygen atoms in total. The molecule has 94 valence electrons. The fourth-order valence-corrected chi connectivity index (χ4v) is 2.16. The highest BCUT2D eigenvalue weighted by Crippen LogP contribution is 2.28. The van der Waals surface area contributed by atoms with Gasteiger partial charge in [0, 0.05) is 0 Å². The summed E-state index contributed by atoms with van der Waals surface area (Å²) in [6, 6.07) is 8.42. The number of aryl methyl sites for hydroxylation is 2. The lowest BCUT2D eigenvalue weighted by atomic mass is 9.93. The summed E-state index contributed by atoms with van der Waals surface area (Å²) in [5.41, 5.74) is 2.63. The fraction of sp³-hybridized carbons (Fsp3) is 0.200. The summed E-state index contributed by atoms with van der Waals surface area (Å²) in [5, 5.41) is 10.3. The first-order valence-corrected chi connectivity index (χ1v) is 5.69. The number of hydrogen-bond acceptors (Lipinski definition) is 1. The van der Waals surface area contributed by atoms with Gasteiger partial charge in [0.1, 0.15) is 17.7 Å². The van der Waals surface area contributed by atoms with Gasteiger partial charge in [-0.3, -0.25) is 0 Å². The molecule has 0 saturated heterocycles. The second kappa shape index (κ2) is 4.86. The molecule has 0 aliphatic rings. The summed E-state index contributed by atoms with van der Waals surface area (Å²) >= 11 is 0. The fourth-order valence-electron chi connectivity index (χ4n) is 2.16. The number of aliphatic hydroxyl groups is 1. The van der Waals surface area contributed by atoms with Crippen LogP contribution in [0, 0.1) is 25.5 Å². The van der Waals surface area contributed by atoms with Crippen LogP contribution in [0.25, 0.3) is 0 Å². The lowest BCUT2D eigenvalue weighted by Crippen LogP contribution is -2.05. The summed E-state index contributed by atoms with van der Waals surface area (Å²) in [4.78, 5) is 0. The van der Waals surface area contributed by atoms with Crippen LogP contribution in [0.15, 0.2) is 36.4 Å². The van der Waals surface area contributed by atoms with E-state index in [1.807, 2.05) is 0 Å². The minimum Gasteiger partial charge on any atom is -0.384 e. The van der Waals surface area contributed by atoms with Crippen LogP contribution in [-0.4, -0.2) is 5.11 Å². The first-order valence-electron chi connectivity index (χ1n) is 5.69. The molecule has 2 aromatic rings. The maximum absolute atomic E-state index is 13.2. The van der Waals surface area contributed by atoms with Gasteiger partial charge < -0.3 is 5.11 Å². The van der Waals surface area contributed by atoms with Gasteiger partial charge >= 0.3 is 0 Å². The molecule has 18 heavy (non-hydrogen) atoms. The van der Waals surface area contributed by atoms with Crippen LogP contribution in [0.1, 0.15) is 28.4 Å². The zero-order chi connectivity index (χ0) is 13.3. The molecule has 0 amide bonds. The van der Waals surface area contributed by atoms with Crippen molar-refractivity contribution < 1.29 is 13.9 Å². The predicted molar refractivity (Wildman–Crippen MR) is 66.3 cm³/mol. The molecule has 0 heterocycles. The molecule has 2 aromatic carbocycles. The smallest absolute Gasteiger partial charge is 0.123 e. The Labute approximate surface area is 105 Å². The summed E-state index contributed by atoms with van der Waals surface area (Å²) in [6.45, 7) is 3.50. The van der Waals surface area contributed by atoms with Gasteiger partial charge in [0.05, 0.1) is 0 Å². The van der Waals surface area contributed by atoms with Crippen molar-refractivity contribution in [3.05, 3.63) is 70.3 Å².